The summed E-state index contributed by atoms with van der Waals surface area (Å²) in [6.45, 7) is 7.25. The Morgan fingerprint density at radius 1 is 1.53 bits per heavy atom. The van der Waals surface area contributed by atoms with Crippen LogP contribution in [0.5, 0.6) is 5.75 Å². The highest BCUT2D eigenvalue weighted by Gasteiger charge is 2.36. The first-order valence-electron chi connectivity index (χ1n) is 6.63. The van der Waals surface area contributed by atoms with Crippen LogP contribution in [-0.4, -0.2) is 41.4 Å². The molecular weight excluding hydrogens is 242 g/mol. The van der Waals surface area contributed by atoms with Gasteiger partial charge in [-0.25, -0.2) is 5.43 Å². The van der Waals surface area contributed by atoms with E-state index in [4.69, 9.17) is 10.6 Å². The lowest BCUT2D eigenvalue weighted by molar-refractivity contribution is 0.131. The number of hydrogen-bond acceptors (Lipinski definition) is 5. The van der Waals surface area contributed by atoms with Crippen LogP contribution >= 0.6 is 0 Å². The van der Waals surface area contributed by atoms with Crippen LogP contribution in [-0.2, 0) is 6.54 Å². The largest absolute Gasteiger partial charge is 0.493 e. The van der Waals surface area contributed by atoms with Gasteiger partial charge in [0.1, 0.15) is 5.69 Å². The fourth-order valence-electron chi connectivity index (χ4n) is 2.09. The van der Waals surface area contributed by atoms with Crippen molar-refractivity contribution in [2.75, 3.05) is 21.2 Å². The topological polar surface area (TPSA) is 68.3 Å². The maximum Gasteiger partial charge on any atom is 0.161 e. The quantitative estimate of drug-likeness (QED) is 0.574. The molecule has 0 aliphatic rings. The summed E-state index contributed by atoms with van der Waals surface area (Å²) in [7, 11) is 5.74. The minimum atomic E-state index is -0.173. The predicted molar refractivity (Wildman–Crippen MR) is 76.9 cm³/mol. The number of nitrogens with two attached hydrogens (primary N) is 1. The maximum absolute atomic E-state index is 5.80. The van der Waals surface area contributed by atoms with Crippen molar-refractivity contribution in [3.05, 3.63) is 11.9 Å². The molecule has 1 atom stereocenters. The van der Waals surface area contributed by atoms with E-state index in [-0.39, 0.29) is 11.6 Å². The average Bonchev–Trinajstić information content (AvgIpc) is 2.73. The van der Waals surface area contributed by atoms with Gasteiger partial charge in [0.05, 0.1) is 19.3 Å². The number of nitrogens with zero attached hydrogens (tertiary/aromatic N) is 3. The van der Waals surface area contributed by atoms with Gasteiger partial charge < -0.3 is 9.64 Å². The van der Waals surface area contributed by atoms with Gasteiger partial charge in [0, 0.05) is 12.1 Å². The number of aryl methyl sites for hydroxylation is 1. The van der Waals surface area contributed by atoms with Crippen molar-refractivity contribution in [2.45, 2.75) is 45.3 Å². The molecule has 110 valence electrons. The van der Waals surface area contributed by atoms with Crippen LogP contribution in [0, 0.1) is 0 Å². The van der Waals surface area contributed by atoms with Gasteiger partial charge in [-0.2, -0.15) is 5.10 Å². The van der Waals surface area contributed by atoms with Gasteiger partial charge >= 0.3 is 0 Å². The zero-order chi connectivity index (χ0) is 14.6. The second-order valence-corrected chi connectivity index (χ2v) is 5.47. The summed E-state index contributed by atoms with van der Waals surface area (Å²) in [6.07, 6.45) is 2.76. The molecule has 1 unspecified atom stereocenters. The van der Waals surface area contributed by atoms with Crippen molar-refractivity contribution in [3.8, 4) is 5.75 Å². The van der Waals surface area contributed by atoms with Gasteiger partial charge in [-0.3, -0.25) is 10.5 Å². The summed E-state index contributed by atoms with van der Waals surface area (Å²) in [5.74, 6) is 6.57. The Morgan fingerprint density at radius 3 is 2.58 bits per heavy atom. The van der Waals surface area contributed by atoms with Gasteiger partial charge in [0.15, 0.2) is 5.75 Å². The van der Waals surface area contributed by atoms with Crippen molar-refractivity contribution >= 4 is 0 Å². The molecule has 0 bridgehead atoms. The molecule has 1 heterocycles. The second kappa shape index (κ2) is 6.36. The van der Waals surface area contributed by atoms with Gasteiger partial charge in [-0.15, -0.1) is 0 Å². The van der Waals surface area contributed by atoms with Crippen LogP contribution < -0.4 is 16.0 Å². The zero-order valence-electron chi connectivity index (χ0n) is 12.9. The summed E-state index contributed by atoms with van der Waals surface area (Å²) in [4.78, 5) is 2.14. The molecule has 1 aromatic heterocycles. The lowest BCUT2D eigenvalue weighted by atomic mass is 9.90. The predicted octanol–water partition coefficient (Wildman–Crippen LogP) is 1.15. The van der Waals surface area contributed by atoms with Crippen LogP contribution in [0.25, 0.3) is 0 Å². The Bertz CT molecular complexity index is 400. The molecule has 6 heteroatoms. The molecule has 1 aromatic rings. The van der Waals surface area contributed by atoms with Crippen molar-refractivity contribution in [2.24, 2.45) is 5.84 Å². The van der Waals surface area contributed by atoms with E-state index in [0.717, 1.165) is 24.4 Å². The van der Waals surface area contributed by atoms with E-state index in [1.165, 1.54) is 0 Å². The first-order chi connectivity index (χ1) is 8.89. The number of hydrazine groups is 1. The molecule has 0 radical (unpaired) electrons. The normalized spacial score (nSPS) is 13.9. The van der Waals surface area contributed by atoms with E-state index < -0.39 is 0 Å². The number of hydrogen-bond donors (Lipinski definition) is 2. The van der Waals surface area contributed by atoms with E-state index in [1.807, 2.05) is 18.8 Å². The SMILES string of the molecule is CCCn1ncc(OC)c1C(NN)C(C)(C)N(C)C. The first-order valence-corrected chi connectivity index (χ1v) is 6.63. The molecule has 3 N–H and O–H groups in total. The van der Waals surface area contributed by atoms with Crippen molar-refractivity contribution < 1.29 is 4.74 Å². The van der Waals surface area contributed by atoms with Gasteiger partial charge in [-0.05, 0) is 34.4 Å². The van der Waals surface area contributed by atoms with Crippen LogP contribution in [0.3, 0.4) is 0 Å². The third-order valence-electron chi connectivity index (χ3n) is 3.80. The van der Waals surface area contributed by atoms with Crippen LogP contribution in [0.1, 0.15) is 38.9 Å². The van der Waals surface area contributed by atoms with Crippen LogP contribution in [0.15, 0.2) is 6.20 Å². The maximum atomic E-state index is 5.80. The Hall–Kier alpha value is -1.11. The molecule has 6 nitrogen and oxygen atoms in total. The molecule has 0 aliphatic heterocycles. The third-order valence-corrected chi connectivity index (χ3v) is 3.80. The number of rotatable bonds is 7. The zero-order valence-corrected chi connectivity index (χ0v) is 12.9. The molecule has 0 amide bonds. The minimum Gasteiger partial charge on any atom is -0.493 e. The lowest BCUT2D eigenvalue weighted by Gasteiger charge is -2.40. The highest BCUT2D eigenvalue weighted by atomic mass is 16.5. The molecule has 0 saturated carbocycles. The molecule has 0 aliphatic carbocycles. The Kier molecular flexibility index (Phi) is 5.34. The monoisotopic (exact) mass is 269 g/mol. The van der Waals surface area contributed by atoms with Crippen molar-refractivity contribution in [1.29, 1.82) is 0 Å². The summed E-state index contributed by atoms with van der Waals surface area (Å²) in [5.41, 5.74) is 3.74. The van der Waals surface area contributed by atoms with E-state index in [0.29, 0.717) is 0 Å². The standard InChI is InChI=1S/C13H27N5O/c1-7-8-18-11(10(19-6)9-15-18)12(16-14)13(2,3)17(4)5/h9,12,16H,7-8,14H2,1-6H3. The average molecular weight is 269 g/mol. The number of likely N-dealkylation sites (N-methyl/N-ethyl adjacent to an activating group) is 1. The lowest BCUT2D eigenvalue weighted by Crippen LogP contribution is -2.52. The highest BCUT2D eigenvalue weighted by molar-refractivity contribution is 5.30. The molecule has 1 rings (SSSR count). The molecule has 0 aromatic carbocycles. The third kappa shape index (κ3) is 3.08. The van der Waals surface area contributed by atoms with Crippen molar-refractivity contribution in [3.63, 3.8) is 0 Å². The molecule has 0 fully saturated rings. The van der Waals surface area contributed by atoms with E-state index >= 15 is 0 Å². The molecule has 0 spiro atoms. The van der Waals surface area contributed by atoms with E-state index in [9.17, 15) is 0 Å². The first kappa shape index (κ1) is 15.9. The Morgan fingerprint density at radius 2 is 2.16 bits per heavy atom. The number of methoxy groups -OCH3 is 1. The van der Waals surface area contributed by atoms with Crippen molar-refractivity contribution in [1.82, 2.24) is 20.1 Å². The summed E-state index contributed by atoms with van der Waals surface area (Å²) < 4.78 is 7.40. The fourth-order valence-corrected chi connectivity index (χ4v) is 2.09. The Balaban J connectivity index is 3.27. The van der Waals surface area contributed by atoms with Gasteiger partial charge in [-0.1, -0.05) is 6.92 Å². The fraction of sp³-hybridized carbons (Fsp3) is 0.769. The molecular formula is C13H27N5O. The molecule has 0 saturated heterocycles. The summed E-state index contributed by atoms with van der Waals surface area (Å²) in [6, 6.07) is -0.0773. The Labute approximate surface area is 115 Å². The van der Waals surface area contributed by atoms with E-state index in [2.05, 4.69) is 36.2 Å². The number of aromatic nitrogens is 2. The van der Waals surface area contributed by atoms with Crippen LogP contribution in [0.4, 0.5) is 0 Å². The highest BCUT2D eigenvalue weighted by Crippen LogP contribution is 2.34. The van der Waals surface area contributed by atoms with Gasteiger partial charge in [0.2, 0.25) is 0 Å². The van der Waals surface area contributed by atoms with Crippen LogP contribution in [0.2, 0.25) is 0 Å². The number of ether oxygens (including phenoxy) is 1. The minimum absolute atomic E-state index is 0.0773. The summed E-state index contributed by atoms with van der Waals surface area (Å²) >= 11 is 0. The second-order valence-electron chi connectivity index (χ2n) is 5.47. The number of nitrogens with one attached hydrogen (secondary N) is 1. The molecule has 19 heavy (non-hydrogen) atoms. The summed E-state index contributed by atoms with van der Waals surface area (Å²) in [5, 5.41) is 4.40. The van der Waals surface area contributed by atoms with Gasteiger partial charge in [0.25, 0.3) is 0 Å². The van der Waals surface area contributed by atoms with E-state index in [1.54, 1.807) is 13.3 Å². The smallest absolute Gasteiger partial charge is 0.161 e.